The predicted molar refractivity (Wildman–Crippen MR) is 119 cm³/mol. The van der Waals surface area contributed by atoms with Crippen LogP contribution < -0.4 is 10.6 Å². The summed E-state index contributed by atoms with van der Waals surface area (Å²) < 4.78 is 1.21. The van der Waals surface area contributed by atoms with Crippen molar-refractivity contribution >= 4 is 44.8 Å². The molecule has 4 rings (SSSR count). The molecule has 146 valence electrons. The van der Waals surface area contributed by atoms with E-state index in [4.69, 9.17) is 27.3 Å². The number of amidine groups is 1. The number of hydrogen-bond donors (Lipinski definition) is 1. The molecule has 7 heteroatoms. The minimum Gasteiger partial charge on any atom is -0.383 e. The number of hydrogen-bond acceptors (Lipinski definition) is 5. The first-order valence-corrected chi connectivity index (χ1v) is 10.7. The van der Waals surface area contributed by atoms with Crippen LogP contribution in [0.4, 0.5) is 5.82 Å². The van der Waals surface area contributed by atoms with Crippen molar-refractivity contribution in [2.24, 2.45) is 10.7 Å². The van der Waals surface area contributed by atoms with Crippen molar-refractivity contribution in [3.05, 3.63) is 52.1 Å². The highest BCUT2D eigenvalue weighted by Gasteiger charge is 2.25. The van der Waals surface area contributed by atoms with Crippen LogP contribution in [0, 0.1) is 0 Å². The molecule has 2 aromatic heterocycles. The molecule has 5 nitrogen and oxygen atoms in total. The summed E-state index contributed by atoms with van der Waals surface area (Å²) in [5, 5.41) is 1.96. The minimum absolute atomic E-state index is 0.274. The third kappa shape index (κ3) is 4.13. The van der Waals surface area contributed by atoms with E-state index in [2.05, 4.69) is 11.1 Å². The summed E-state index contributed by atoms with van der Waals surface area (Å²) in [7, 11) is 3.94. The first kappa shape index (κ1) is 19.2. The summed E-state index contributed by atoms with van der Waals surface area (Å²) in [6.45, 7) is 0. The summed E-state index contributed by atoms with van der Waals surface area (Å²) in [5.41, 5.74) is 8.23. The van der Waals surface area contributed by atoms with E-state index in [-0.39, 0.29) is 6.04 Å². The van der Waals surface area contributed by atoms with Gasteiger partial charge in [0, 0.05) is 36.8 Å². The van der Waals surface area contributed by atoms with Gasteiger partial charge in [-0.3, -0.25) is 4.99 Å². The first-order chi connectivity index (χ1) is 13.5. The zero-order chi connectivity index (χ0) is 19.7. The molecule has 0 spiro atoms. The Hall–Kier alpha value is -2.18. The van der Waals surface area contributed by atoms with Gasteiger partial charge in [-0.1, -0.05) is 11.6 Å². The van der Waals surface area contributed by atoms with Crippen molar-refractivity contribution in [3.8, 4) is 0 Å². The monoisotopic (exact) mass is 413 g/mol. The van der Waals surface area contributed by atoms with Crippen LogP contribution in [-0.2, 0) is 0 Å². The van der Waals surface area contributed by atoms with E-state index in [0.717, 1.165) is 47.6 Å². The second-order valence-electron chi connectivity index (χ2n) is 7.48. The van der Waals surface area contributed by atoms with Crippen LogP contribution in [0.1, 0.15) is 42.2 Å². The van der Waals surface area contributed by atoms with Gasteiger partial charge in [0.15, 0.2) is 0 Å². The Morgan fingerprint density at radius 2 is 1.96 bits per heavy atom. The van der Waals surface area contributed by atoms with Crippen molar-refractivity contribution in [1.82, 2.24) is 9.97 Å². The highest BCUT2D eigenvalue weighted by atomic mass is 35.5. The van der Waals surface area contributed by atoms with E-state index in [1.54, 1.807) is 17.5 Å². The van der Waals surface area contributed by atoms with Crippen LogP contribution in [0.5, 0.6) is 0 Å². The van der Waals surface area contributed by atoms with Crippen LogP contribution in [-0.4, -0.2) is 35.9 Å². The number of thiazole rings is 1. The third-order valence-electron chi connectivity index (χ3n) is 5.23. The number of nitrogens with two attached hydrogens (primary N) is 1. The fourth-order valence-electron chi connectivity index (χ4n) is 3.64. The third-order valence-corrected chi connectivity index (χ3v) is 6.67. The van der Waals surface area contributed by atoms with Gasteiger partial charge in [-0.15, -0.1) is 11.3 Å². The molecule has 2 N–H and O–H groups in total. The number of aliphatic imine (C=N–C) groups is 1. The zero-order valence-electron chi connectivity index (χ0n) is 16.1. The molecule has 1 fully saturated rings. The van der Waals surface area contributed by atoms with E-state index < -0.39 is 0 Å². The Balaban J connectivity index is 1.43. The normalized spacial score (nSPS) is 20.5. The van der Waals surface area contributed by atoms with Crippen LogP contribution >= 0.6 is 22.9 Å². The van der Waals surface area contributed by atoms with E-state index in [9.17, 15) is 0 Å². The highest BCUT2D eigenvalue weighted by Crippen LogP contribution is 2.38. The van der Waals surface area contributed by atoms with Gasteiger partial charge >= 0.3 is 0 Å². The van der Waals surface area contributed by atoms with Crippen molar-refractivity contribution in [1.29, 1.82) is 0 Å². The molecule has 1 aromatic carbocycles. The number of nitrogens with zero attached hydrogens (tertiary/aromatic N) is 4. The molecule has 0 amide bonds. The number of anilines is 1. The smallest absolute Gasteiger partial charge is 0.128 e. The van der Waals surface area contributed by atoms with E-state index in [0.29, 0.717) is 11.8 Å². The van der Waals surface area contributed by atoms with E-state index in [1.807, 2.05) is 43.3 Å². The van der Waals surface area contributed by atoms with Crippen LogP contribution in [0.3, 0.4) is 0 Å². The lowest BCUT2D eigenvalue weighted by molar-refractivity contribution is 0.396. The number of pyridine rings is 1. The molecule has 2 heterocycles. The van der Waals surface area contributed by atoms with Gasteiger partial charge in [0.25, 0.3) is 0 Å². The Labute approximate surface area is 174 Å². The molecule has 3 aromatic rings. The number of halogens is 1. The van der Waals surface area contributed by atoms with Crippen LogP contribution in [0.2, 0.25) is 5.02 Å². The van der Waals surface area contributed by atoms with Gasteiger partial charge in [-0.05, 0) is 56.0 Å². The Bertz CT molecular complexity index is 1000. The summed E-state index contributed by atoms with van der Waals surface area (Å²) in [6.07, 6.45) is 6.03. The predicted octanol–water partition coefficient (Wildman–Crippen LogP) is 4.84. The molecule has 0 atom stereocenters. The molecule has 1 aliphatic rings. The molecule has 0 bridgehead atoms. The summed E-state index contributed by atoms with van der Waals surface area (Å²) >= 11 is 7.88. The minimum atomic E-state index is 0.274. The molecule has 0 saturated heterocycles. The van der Waals surface area contributed by atoms with Gasteiger partial charge in [-0.25, -0.2) is 9.97 Å². The van der Waals surface area contributed by atoms with Crippen molar-refractivity contribution in [2.45, 2.75) is 37.6 Å². The van der Waals surface area contributed by atoms with Gasteiger partial charge in [-0.2, -0.15) is 0 Å². The van der Waals surface area contributed by atoms with E-state index in [1.165, 1.54) is 9.71 Å². The van der Waals surface area contributed by atoms with Crippen molar-refractivity contribution in [3.63, 3.8) is 0 Å². The lowest BCUT2D eigenvalue weighted by Gasteiger charge is -2.25. The van der Waals surface area contributed by atoms with Crippen molar-refractivity contribution in [2.75, 3.05) is 19.0 Å². The molecule has 1 saturated carbocycles. The maximum Gasteiger partial charge on any atom is 0.128 e. The SMILES string of the molecule is CN(C)c1cc(C(N)=NC2CCC(c3nc4cc(Cl)ccc4s3)CC2)ccn1. The van der Waals surface area contributed by atoms with Gasteiger partial charge in [0.2, 0.25) is 0 Å². The van der Waals surface area contributed by atoms with Gasteiger partial charge in [0.1, 0.15) is 11.7 Å². The average Bonchev–Trinajstić information content (AvgIpc) is 3.11. The fourth-order valence-corrected chi connectivity index (χ4v) is 4.92. The second-order valence-corrected chi connectivity index (χ2v) is 8.98. The molecular formula is C21H24ClN5S. The van der Waals surface area contributed by atoms with Crippen LogP contribution in [0.25, 0.3) is 10.2 Å². The highest BCUT2D eigenvalue weighted by molar-refractivity contribution is 7.18. The molecule has 0 radical (unpaired) electrons. The Kier molecular flexibility index (Phi) is 5.51. The summed E-state index contributed by atoms with van der Waals surface area (Å²) in [5.74, 6) is 1.99. The number of aromatic nitrogens is 2. The summed E-state index contributed by atoms with van der Waals surface area (Å²) in [6, 6.07) is 10.1. The lowest BCUT2D eigenvalue weighted by Crippen LogP contribution is -2.22. The molecular weight excluding hydrogens is 390 g/mol. The Morgan fingerprint density at radius 3 is 2.71 bits per heavy atom. The Morgan fingerprint density at radius 1 is 1.18 bits per heavy atom. The number of fused-ring (bicyclic) bond motifs is 1. The van der Waals surface area contributed by atoms with Gasteiger partial charge < -0.3 is 10.6 Å². The quantitative estimate of drug-likeness (QED) is 0.490. The molecule has 0 aliphatic heterocycles. The lowest BCUT2D eigenvalue weighted by atomic mass is 9.86. The standard InChI is InChI=1S/C21H24ClN5S/c1-27(2)19-11-14(9-10-24-19)20(23)25-16-6-3-13(4-7-16)21-26-17-12-15(22)5-8-18(17)28-21/h5,8-13,16H,3-4,6-7H2,1-2H3,(H2,23,25). The zero-order valence-corrected chi connectivity index (χ0v) is 17.7. The summed E-state index contributed by atoms with van der Waals surface area (Å²) in [4.78, 5) is 15.9. The largest absolute Gasteiger partial charge is 0.383 e. The van der Waals surface area contributed by atoms with E-state index >= 15 is 0 Å². The second kappa shape index (κ2) is 8.05. The number of benzene rings is 1. The first-order valence-electron chi connectivity index (χ1n) is 9.52. The topological polar surface area (TPSA) is 67.4 Å². The molecule has 28 heavy (non-hydrogen) atoms. The van der Waals surface area contributed by atoms with Crippen molar-refractivity contribution < 1.29 is 0 Å². The number of rotatable bonds is 4. The van der Waals surface area contributed by atoms with Gasteiger partial charge in [0.05, 0.1) is 21.3 Å². The van der Waals surface area contributed by atoms with Crippen LogP contribution in [0.15, 0.2) is 41.5 Å². The molecule has 0 unspecified atom stereocenters. The molecule has 1 aliphatic carbocycles. The fraction of sp³-hybridized carbons (Fsp3) is 0.381. The maximum atomic E-state index is 6.29. The maximum absolute atomic E-state index is 6.29. The average molecular weight is 414 g/mol.